The molecule has 0 saturated heterocycles. The van der Waals surface area contributed by atoms with Crippen LogP contribution in [-0.2, 0) is 6.54 Å². The maximum atomic E-state index is 11.6. The van der Waals surface area contributed by atoms with Crippen molar-refractivity contribution in [2.75, 3.05) is 0 Å². The van der Waals surface area contributed by atoms with Crippen molar-refractivity contribution in [1.82, 2.24) is 14.8 Å². The predicted octanol–water partition coefficient (Wildman–Crippen LogP) is 3.43. The Balaban J connectivity index is 2.32. The van der Waals surface area contributed by atoms with Crippen molar-refractivity contribution in [1.29, 1.82) is 0 Å². The van der Waals surface area contributed by atoms with Crippen molar-refractivity contribution in [3.05, 3.63) is 47.2 Å². The molecular formula is C17H17N3O2. The summed E-state index contributed by atoms with van der Waals surface area (Å²) in [6.45, 7) is 6.64. The van der Waals surface area contributed by atoms with Gasteiger partial charge in [-0.2, -0.15) is 5.10 Å². The van der Waals surface area contributed by atoms with E-state index >= 15 is 0 Å². The lowest BCUT2D eigenvalue weighted by atomic mass is 10.0. The van der Waals surface area contributed by atoms with E-state index in [0.29, 0.717) is 23.3 Å². The van der Waals surface area contributed by atoms with Crippen LogP contribution < -0.4 is 0 Å². The summed E-state index contributed by atoms with van der Waals surface area (Å²) in [5.41, 5.74) is 4.69. The van der Waals surface area contributed by atoms with E-state index < -0.39 is 5.97 Å². The topological polar surface area (TPSA) is 68.0 Å². The highest BCUT2D eigenvalue weighted by atomic mass is 16.4. The zero-order valence-electron chi connectivity index (χ0n) is 12.8. The summed E-state index contributed by atoms with van der Waals surface area (Å²) >= 11 is 0. The third-order valence-electron chi connectivity index (χ3n) is 3.80. The molecule has 0 saturated carbocycles. The first kappa shape index (κ1) is 14.3. The predicted molar refractivity (Wildman–Crippen MR) is 85.1 cm³/mol. The van der Waals surface area contributed by atoms with Gasteiger partial charge in [-0.1, -0.05) is 23.8 Å². The molecule has 0 spiro atoms. The maximum absolute atomic E-state index is 11.6. The number of benzene rings is 1. The quantitative estimate of drug-likeness (QED) is 0.803. The second-order valence-electron chi connectivity index (χ2n) is 5.38. The van der Waals surface area contributed by atoms with E-state index in [4.69, 9.17) is 0 Å². The summed E-state index contributed by atoms with van der Waals surface area (Å²) in [6.07, 6.45) is 1.57. The fraction of sp³-hybridized carbons (Fsp3) is 0.235. The molecule has 3 aromatic rings. The molecule has 1 N–H and O–H groups in total. The van der Waals surface area contributed by atoms with Gasteiger partial charge in [-0.05, 0) is 32.4 Å². The Morgan fingerprint density at radius 3 is 2.68 bits per heavy atom. The average Bonchev–Trinajstić information content (AvgIpc) is 2.89. The number of nitrogens with zero attached hydrogens (tertiary/aromatic N) is 3. The third kappa shape index (κ3) is 2.24. The fourth-order valence-corrected chi connectivity index (χ4v) is 2.69. The normalized spacial score (nSPS) is 11.0. The third-order valence-corrected chi connectivity index (χ3v) is 3.80. The summed E-state index contributed by atoms with van der Waals surface area (Å²) in [5.74, 6) is -0.964. The number of carboxylic acids is 1. The molecule has 22 heavy (non-hydrogen) atoms. The summed E-state index contributed by atoms with van der Waals surface area (Å²) in [4.78, 5) is 16.2. The lowest BCUT2D eigenvalue weighted by Gasteiger charge is -2.09. The zero-order chi connectivity index (χ0) is 15.9. The summed E-state index contributed by atoms with van der Waals surface area (Å²) < 4.78 is 1.72. The number of hydrogen-bond acceptors (Lipinski definition) is 3. The highest BCUT2D eigenvalue weighted by molar-refractivity contribution is 6.02. The van der Waals surface area contributed by atoms with Crippen LogP contribution in [0.3, 0.4) is 0 Å². The molecule has 0 atom stereocenters. The Morgan fingerprint density at radius 1 is 1.27 bits per heavy atom. The van der Waals surface area contributed by atoms with Gasteiger partial charge in [0.05, 0.1) is 22.8 Å². The van der Waals surface area contributed by atoms with Gasteiger partial charge in [0.1, 0.15) is 0 Å². The molecule has 0 unspecified atom stereocenters. The van der Waals surface area contributed by atoms with Crippen LogP contribution in [0.5, 0.6) is 0 Å². The number of rotatable bonds is 3. The first-order valence-electron chi connectivity index (χ1n) is 7.18. The van der Waals surface area contributed by atoms with E-state index in [2.05, 4.69) is 16.1 Å². The monoisotopic (exact) mass is 295 g/mol. The molecule has 2 aromatic heterocycles. The Morgan fingerprint density at radius 2 is 2.05 bits per heavy atom. The van der Waals surface area contributed by atoms with Gasteiger partial charge in [-0.25, -0.2) is 14.5 Å². The number of aromatic nitrogens is 3. The van der Waals surface area contributed by atoms with Crippen molar-refractivity contribution in [2.45, 2.75) is 27.3 Å². The fourth-order valence-electron chi connectivity index (χ4n) is 2.69. The van der Waals surface area contributed by atoms with Gasteiger partial charge in [0, 0.05) is 12.1 Å². The Labute approximate surface area is 128 Å². The van der Waals surface area contributed by atoms with E-state index in [1.165, 1.54) is 5.56 Å². The molecular weight excluding hydrogens is 278 g/mol. The van der Waals surface area contributed by atoms with Gasteiger partial charge in [0.25, 0.3) is 0 Å². The van der Waals surface area contributed by atoms with Crippen LogP contribution in [0.4, 0.5) is 0 Å². The number of pyridine rings is 1. The minimum Gasteiger partial charge on any atom is -0.478 e. The maximum Gasteiger partial charge on any atom is 0.336 e. The molecule has 5 nitrogen and oxygen atoms in total. The Kier molecular flexibility index (Phi) is 3.41. The molecule has 2 heterocycles. The van der Waals surface area contributed by atoms with Crippen LogP contribution in [0.2, 0.25) is 0 Å². The molecule has 1 aromatic carbocycles. The highest BCUT2D eigenvalue weighted by Crippen LogP contribution is 2.27. The minimum atomic E-state index is -0.964. The number of aromatic carboxylic acids is 1. The lowest BCUT2D eigenvalue weighted by Crippen LogP contribution is -2.03. The van der Waals surface area contributed by atoms with E-state index in [9.17, 15) is 9.90 Å². The number of fused-ring (bicyclic) bond motifs is 1. The van der Waals surface area contributed by atoms with E-state index in [1.54, 1.807) is 16.9 Å². The van der Waals surface area contributed by atoms with E-state index in [-0.39, 0.29) is 5.56 Å². The summed E-state index contributed by atoms with van der Waals surface area (Å²) in [6, 6.07) is 7.69. The number of carboxylic acid groups (broad SMARTS) is 1. The number of aryl methyl sites for hydroxylation is 3. The molecule has 0 aliphatic heterocycles. The number of hydrogen-bond donors (Lipinski definition) is 1. The van der Waals surface area contributed by atoms with Crippen LogP contribution in [0.15, 0.2) is 30.5 Å². The zero-order valence-corrected chi connectivity index (χ0v) is 12.8. The highest BCUT2D eigenvalue weighted by Gasteiger charge is 2.17. The van der Waals surface area contributed by atoms with Crippen molar-refractivity contribution < 1.29 is 9.90 Å². The number of carbonyl (C=O) groups is 1. The first-order chi connectivity index (χ1) is 10.5. The van der Waals surface area contributed by atoms with Crippen LogP contribution in [0.1, 0.15) is 28.4 Å². The van der Waals surface area contributed by atoms with Gasteiger partial charge in [-0.15, -0.1) is 0 Å². The average molecular weight is 295 g/mol. The molecule has 112 valence electrons. The van der Waals surface area contributed by atoms with Gasteiger partial charge < -0.3 is 5.11 Å². The van der Waals surface area contributed by atoms with Crippen molar-refractivity contribution in [3.8, 4) is 11.3 Å². The second kappa shape index (κ2) is 5.26. The van der Waals surface area contributed by atoms with Gasteiger partial charge in [0.15, 0.2) is 5.65 Å². The molecule has 0 bridgehead atoms. The second-order valence-corrected chi connectivity index (χ2v) is 5.38. The first-order valence-corrected chi connectivity index (χ1v) is 7.18. The minimum absolute atomic E-state index is 0.236. The lowest BCUT2D eigenvalue weighted by molar-refractivity contribution is 0.0699. The van der Waals surface area contributed by atoms with Gasteiger partial charge in [-0.3, -0.25) is 0 Å². The van der Waals surface area contributed by atoms with Crippen LogP contribution in [0.25, 0.3) is 22.3 Å². The Hall–Kier alpha value is -2.69. The molecule has 0 radical (unpaired) electrons. The van der Waals surface area contributed by atoms with Crippen LogP contribution >= 0.6 is 0 Å². The summed E-state index contributed by atoms with van der Waals surface area (Å²) in [5, 5.41) is 14.3. The van der Waals surface area contributed by atoms with Crippen LogP contribution in [0, 0.1) is 13.8 Å². The van der Waals surface area contributed by atoms with Crippen molar-refractivity contribution in [3.63, 3.8) is 0 Å². The largest absolute Gasteiger partial charge is 0.478 e. The standard InChI is InChI=1S/C17H17N3O2/c1-4-20-16-14(9-18-20)13(17(21)22)8-15(19-16)12-6-5-10(2)7-11(12)3/h5-9H,4H2,1-3H3,(H,21,22). The molecule has 0 aliphatic rings. The molecule has 0 amide bonds. The summed E-state index contributed by atoms with van der Waals surface area (Å²) in [7, 11) is 0. The van der Waals surface area contributed by atoms with Crippen LogP contribution in [-0.4, -0.2) is 25.8 Å². The smallest absolute Gasteiger partial charge is 0.336 e. The van der Waals surface area contributed by atoms with Gasteiger partial charge >= 0.3 is 5.97 Å². The molecule has 3 rings (SSSR count). The van der Waals surface area contributed by atoms with Gasteiger partial charge in [0.2, 0.25) is 0 Å². The van der Waals surface area contributed by atoms with E-state index in [0.717, 1.165) is 11.1 Å². The molecule has 0 fully saturated rings. The van der Waals surface area contributed by atoms with Crippen molar-refractivity contribution in [2.24, 2.45) is 0 Å². The van der Waals surface area contributed by atoms with Crippen molar-refractivity contribution >= 4 is 17.0 Å². The SMILES string of the molecule is CCn1ncc2c(C(=O)O)cc(-c3ccc(C)cc3C)nc21. The van der Waals surface area contributed by atoms with E-state index in [1.807, 2.05) is 32.9 Å². The molecule has 5 heteroatoms. The molecule has 0 aliphatic carbocycles. The Bertz CT molecular complexity index is 881.